The summed E-state index contributed by atoms with van der Waals surface area (Å²) in [5, 5.41) is 21.7. The van der Waals surface area contributed by atoms with Crippen LogP contribution in [0.5, 0.6) is 0 Å². The van der Waals surface area contributed by atoms with E-state index in [2.05, 4.69) is 65.1 Å². The van der Waals surface area contributed by atoms with Crippen molar-refractivity contribution in [2.45, 2.75) is 212 Å². The fraction of sp³-hybridized carbons (Fsp3) is 0.654. The van der Waals surface area contributed by atoms with Crippen molar-refractivity contribution >= 4 is 18.0 Å². The first-order chi connectivity index (χ1) is 31.0. The Balaban J connectivity index is 0.00000143. The number of imidazole rings is 1. The topological polar surface area (TPSA) is 125 Å². The van der Waals surface area contributed by atoms with Gasteiger partial charge in [-0.25, -0.2) is 18.7 Å². The number of hydrogen-bond donors (Lipinski definition) is 2. The number of benzene rings is 2. The molecule has 0 aliphatic heterocycles. The molecule has 0 saturated heterocycles. The molecular formula is C52H78F3N3O6. The second kappa shape index (κ2) is 31.5. The van der Waals surface area contributed by atoms with Crippen molar-refractivity contribution in [1.82, 2.24) is 9.88 Å². The van der Waals surface area contributed by atoms with Crippen molar-refractivity contribution in [3.63, 3.8) is 0 Å². The molecule has 1 aromatic heterocycles. The van der Waals surface area contributed by atoms with Crippen LogP contribution in [0.2, 0.25) is 0 Å². The van der Waals surface area contributed by atoms with E-state index in [1.807, 2.05) is 24.3 Å². The number of hydrogen-bond acceptors (Lipinski definition) is 5. The first-order valence-corrected chi connectivity index (χ1v) is 24.7. The number of unbranched alkanes of at least 4 members (excludes halogenated alkanes) is 23. The van der Waals surface area contributed by atoms with E-state index >= 15 is 0 Å². The van der Waals surface area contributed by atoms with Crippen LogP contribution in [-0.2, 0) is 33.8 Å². The summed E-state index contributed by atoms with van der Waals surface area (Å²) in [5.41, 5.74) is 5.52. The second-order valence-electron chi connectivity index (χ2n) is 17.6. The lowest BCUT2D eigenvalue weighted by Crippen LogP contribution is -2.43. The number of aliphatic carboxylic acids is 2. The molecule has 64 heavy (non-hydrogen) atoms. The number of carbonyl (C=O) groups is 3. The van der Waals surface area contributed by atoms with E-state index in [0.29, 0.717) is 0 Å². The summed E-state index contributed by atoms with van der Waals surface area (Å²) in [6.45, 7) is 6.49. The molecule has 1 amide bonds. The third-order valence-corrected chi connectivity index (χ3v) is 12.3. The molecule has 0 spiro atoms. The molecule has 2 N–H and O–H groups in total. The van der Waals surface area contributed by atoms with Crippen LogP contribution in [0.3, 0.4) is 0 Å². The van der Waals surface area contributed by atoms with Gasteiger partial charge in [-0.3, -0.25) is 0 Å². The minimum atomic E-state index is -5.19. The fourth-order valence-electron chi connectivity index (χ4n) is 8.67. The monoisotopic (exact) mass is 898 g/mol. The molecule has 1 atom stereocenters. The normalized spacial score (nSPS) is 12.6. The van der Waals surface area contributed by atoms with Crippen LogP contribution in [0.4, 0.5) is 18.0 Å². The highest BCUT2D eigenvalue weighted by atomic mass is 19.4. The number of fused-ring (bicyclic) bond motifs is 3. The first-order valence-electron chi connectivity index (χ1n) is 24.7. The number of alkyl carbamates (subject to hydrolysis) is 1. The van der Waals surface area contributed by atoms with Crippen molar-refractivity contribution in [2.75, 3.05) is 6.61 Å². The number of carbonyl (C=O) groups excluding carboxylic acids is 2. The SMILES string of the molecule is CCCCCCCCCCCCCCCn1c[n+](CCCCCCCCCCCCCC)cc1C[C@H](NC(=O)OCC1c2ccccc2-c2ccccc21)C(=O)O.O=C([O-])C(F)(F)F. The predicted molar refractivity (Wildman–Crippen MR) is 246 cm³/mol. The summed E-state index contributed by atoms with van der Waals surface area (Å²) in [4.78, 5) is 34.5. The van der Waals surface area contributed by atoms with Gasteiger partial charge in [0.2, 0.25) is 6.33 Å². The number of aryl methyl sites for hydroxylation is 2. The average Bonchev–Trinajstić information content (AvgIpc) is 3.81. The lowest BCUT2D eigenvalue weighted by Gasteiger charge is -2.17. The number of aromatic nitrogens is 2. The molecule has 358 valence electrons. The van der Waals surface area contributed by atoms with Crippen molar-refractivity contribution < 1.29 is 47.1 Å². The molecule has 2 aromatic carbocycles. The second-order valence-corrected chi connectivity index (χ2v) is 17.6. The molecule has 3 aromatic rings. The standard InChI is InChI=1S/C50H77N3O4.C2HF3O2/c1-3-5-7-9-11-13-15-17-19-21-23-25-31-37-53-41-52(36-30-24-22-20-18-16-14-12-10-8-6-4-2)39-42(53)38-48(49(54)55)51-50(56)57-40-47-45-34-28-26-32-43(45)44-33-27-29-35-46(44)47;3-2(4,5)1(6)7/h26-29,32-35,39,41,47-48H,3-25,30-31,36-38,40H2,1-2H3,(H-,51,54,55,56);(H,6,7)/t48-;/m0./s1. The minimum absolute atomic E-state index is 0.0803. The van der Waals surface area contributed by atoms with Gasteiger partial charge in [0, 0.05) is 12.3 Å². The van der Waals surface area contributed by atoms with Gasteiger partial charge in [-0.15, -0.1) is 0 Å². The number of halogens is 3. The van der Waals surface area contributed by atoms with Gasteiger partial charge in [-0.05, 0) is 47.9 Å². The smallest absolute Gasteiger partial charge is 0.430 e. The number of carboxylic acids is 2. The summed E-state index contributed by atoms with van der Waals surface area (Å²) >= 11 is 0. The summed E-state index contributed by atoms with van der Waals surface area (Å²) in [7, 11) is 0. The molecule has 4 rings (SSSR count). The highest BCUT2D eigenvalue weighted by Crippen LogP contribution is 2.44. The lowest BCUT2D eigenvalue weighted by molar-refractivity contribution is -0.697. The number of nitrogens with one attached hydrogen (secondary N) is 1. The molecule has 0 bridgehead atoms. The van der Waals surface area contributed by atoms with E-state index in [-0.39, 0.29) is 18.9 Å². The molecule has 12 heteroatoms. The molecule has 1 heterocycles. The van der Waals surface area contributed by atoms with E-state index in [0.717, 1.165) is 53.9 Å². The molecule has 1 aliphatic rings. The van der Waals surface area contributed by atoms with Gasteiger partial charge in [0.05, 0.1) is 13.1 Å². The summed E-state index contributed by atoms with van der Waals surface area (Å²) in [6.07, 6.45) is 31.5. The third-order valence-electron chi connectivity index (χ3n) is 12.3. The molecule has 0 saturated carbocycles. The maximum absolute atomic E-state index is 13.2. The number of ether oxygens (including phenoxy) is 1. The molecule has 0 unspecified atom stereocenters. The van der Waals surface area contributed by atoms with E-state index in [1.165, 1.54) is 148 Å². The Kier molecular flexibility index (Phi) is 26.6. The van der Waals surface area contributed by atoms with Gasteiger partial charge in [0.25, 0.3) is 0 Å². The van der Waals surface area contributed by atoms with Crippen LogP contribution >= 0.6 is 0 Å². The lowest BCUT2D eigenvalue weighted by atomic mass is 9.98. The summed E-state index contributed by atoms with van der Waals surface area (Å²) < 4.78 is 41.8. The summed E-state index contributed by atoms with van der Waals surface area (Å²) in [6, 6.07) is 15.4. The zero-order valence-electron chi connectivity index (χ0n) is 39.0. The Morgan fingerprint density at radius 2 is 1.09 bits per heavy atom. The van der Waals surface area contributed by atoms with Crippen molar-refractivity contribution in [3.8, 4) is 11.1 Å². The minimum Gasteiger partial charge on any atom is -0.542 e. The van der Waals surface area contributed by atoms with Crippen LogP contribution in [0, 0.1) is 0 Å². The highest BCUT2D eigenvalue weighted by molar-refractivity contribution is 5.81. The molecular weight excluding hydrogens is 820 g/mol. The first kappa shape index (κ1) is 54.0. The van der Waals surface area contributed by atoms with Crippen LogP contribution in [0.25, 0.3) is 11.1 Å². The molecule has 1 aliphatic carbocycles. The highest BCUT2D eigenvalue weighted by Gasteiger charge is 2.31. The van der Waals surface area contributed by atoms with Gasteiger partial charge in [-0.2, -0.15) is 13.2 Å². The van der Waals surface area contributed by atoms with Crippen molar-refractivity contribution in [3.05, 3.63) is 77.9 Å². The van der Waals surface area contributed by atoms with E-state index in [9.17, 15) is 27.9 Å². The van der Waals surface area contributed by atoms with Crippen LogP contribution in [-0.4, -0.2) is 46.5 Å². The predicted octanol–water partition coefficient (Wildman–Crippen LogP) is 12.4. The Morgan fingerprint density at radius 1 is 0.688 bits per heavy atom. The Hall–Kier alpha value is -4.35. The number of alkyl halides is 3. The quantitative estimate of drug-likeness (QED) is 0.0463. The zero-order valence-corrected chi connectivity index (χ0v) is 39.0. The fourth-order valence-corrected chi connectivity index (χ4v) is 8.67. The van der Waals surface area contributed by atoms with Crippen molar-refractivity contribution in [1.29, 1.82) is 0 Å². The van der Waals surface area contributed by atoms with Crippen LogP contribution in [0.1, 0.15) is 197 Å². The third kappa shape index (κ3) is 21.1. The van der Waals surface area contributed by atoms with Crippen molar-refractivity contribution in [2.24, 2.45) is 0 Å². The van der Waals surface area contributed by atoms with Crippen LogP contribution < -0.4 is 15.0 Å². The molecule has 9 nitrogen and oxygen atoms in total. The van der Waals surface area contributed by atoms with Gasteiger partial charge in [0.15, 0.2) is 0 Å². The van der Waals surface area contributed by atoms with E-state index < -0.39 is 30.2 Å². The number of nitrogens with zero attached hydrogens (tertiary/aromatic N) is 2. The Bertz CT molecular complexity index is 1720. The summed E-state index contributed by atoms with van der Waals surface area (Å²) in [5.74, 6) is -4.14. The maximum Gasteiger partial charge on any atom is 0.430 e. The van der Waals surface area contributed by atoms with Gasteiger partial charge in [0.1, 0.15) is 30.5 Å². The maximum atomic E-state index is 13.2. The average molecular weight is 898 g/mol. The Morgan fingerprint density at radius 3 is 1.52 bits per heavy atom. The number of rotatable bonds is 33. The zero-order chi connectivity index (χ0) is 46.4. The van der Waals surface area contributed by atoms with Gasteiger partial charge >= 0.3 is 18.2 Å². The molecule has 0 fully saturated rings. The van der Waals surface area contributed by atoms with E-state index in [1.54, 1.807) is 0 Å². The largest absolute Gasteiger partial charge is 0.542 e. The Labute approximate surface area is 381 Å². The van der Waals surface area contributed by atoms with E-state index in [4.69, 9.17) is 14.6 Å². The van der Waals surface area contributed by atoms with Gasteiger partial charge in [-0.1, -0.05) is 197 Å². The number of amides is 1. The van der Waals surface area contributed by atoms with Gasteiger partial charge < -0.3 is 25.1 Å². The number of carboxylic acid groups (broad SMARTS) is 2. The van der Waals surface area contributed by atoms with Crippen LogP contribution in [0.15, 0.2) is 61.1 Å². The molecule has 0 radical (unpaired) electrons.